The normalized spacial score (nSPS) is 13.4. The Morgan fingerprint density at radius 1 is 1.08 bits per heavy atom. The van der Waals surface area contributed by atoms with Crippen molar-refractivity contribution >= 4 is 0 Å². The summed E-state index contributed by atoms with van der Waals surface area (Å²) in [6.07, 6.45) is 0. The first kappa shape index (κ1) is 10.2. The van der Waals surface area contributed by atoms with E-state index < -0.39 is 0 Å². The van der Waals surface area contributed by atoms with Gasteiger partial charge in [-0.25, -0.2) is 0 Å². The summed E-state index contributed by atoms with van der Waals surface area (Å²) in [5.74, 6) is 1.42. The van der Waals surface area contributed by atoms with Crippen molar-refractivity contribution in [1.82, 2.24) is 10.1 Å². The van der Waals surface area contributed by atoms with Crippen molar-refractivity contribution in [1.29, 1.82) is 0 Å². The molecule has 0 spiro atoms. The molecule has 0 aliphatic heterocycles. The third-order valence-corrected chi connectivity index (χ3v) is 2.94. The van der Waals surface area contributed by atoms with E-state index in [0.717, 1.165) is 5.89 Å². The highest BCUT2D eigenvalue weighted by Crippen LogP contribution is 2.39. The summed E-state index contributed by atoms with van der Waals surface area (Å²) in [7, 11) is 0. The Balaban J connectivity index is 3.07. The third kappa shape index (κ3) is 1.74. The molecule has 0 aliphatic carbocycles. The van der Waals surface area contributed by atoms with Crippen LogP contribution < -0.4 is 0 Å². The lowest BCUT2D eigenvalue weighted by Crippen LogP contribution is -2.34. The number of rotatable bonds is 1. The van der Waals surface area contributed by atoms with Gasteiger partial charge in [0.1, 0.15) is 0 Å². The van der Waals surface area contributed by atoms with Crippen LogP contribution in [0.25, 0.3) is 0 Å². The maximum Gasteiger partial charge on any atom is 0.232 e. The molecule has 0 aliphatic rings. The highest BCUT2D eigenvalue weighted by molar-refractivity contribution is 5.06. The van der Waals surface area contributed by atoms with E-state index >= 15 is 0 Å². The summed E-state index contributed by atoms with van der Waals surface area (Å²) in [6, 6.07) is 0. The van der Waals surface area contributed by atoms with Crippen molar-refractivity contribution in [3.63, 3.8) is 0 Å². The van der Waals surface area contributed by atoms with E-state index in [4.69, 9.17) is 4.52 Å². The van der Waals surface area contributed by atoms with E-state index in [1.54, 1.807) is 0 Å². The van der Waals surface area contributed by atoms with E-state index in [1.165, 1.54) is 0 Å². The standard InChI is InChI=1S/C10H18N2O/c1-7-11-8(13-12-7)10(5,6)9(2,3)4/h1-6H3. The first-order valence-corrected chi connectivity index (χ1v) is 4.56. The highest BCUT2D eigenvalue weighted by Gasteiger charge is 2.39. The third-order valence-electron chi connectivity index (χ3n) is 2.94. The van der Waals surface area contributed by atoms with Crippen LogP contribution in [0.4, 0.5) is 0 Å². The van der Waals surface area contributed by atoms with Gasteiger partial charge in [0.25, 0.3) is 0 Å². The van der Waals surface area contributed by atoms with Crippen molar-refractivity contribution in [2.24, 2.45) is 5.41 Å². The molecule has 0 amide bonds. The average Bonchev–Trinajstić information content (AvgIpc) is 2.33. The summed E-state index contributed by atoms with van der Waals surface area (Å²) in [4.78, 5) is 4.27. The number of hydrogen-bond acceptors (Lipinski definition) is 3. The van der Waals surface area contributed by atoms with Gasteiger partial charge in [0.05, 0.1) is 0 Å². The molecule has 74 valence electrons. The SMILES string of the molecule is Cc1noc(C(C)(C)C(C)(C)C)n1. The molecule has 0 radical (unpaired) electrons. The number of aryl methyl sites for hydroxylation is 1. The average molecular weight is 182 g/mol. The number of nitrogens with zero attached hydrogens (tertiary/aromatic N) is 2. The molecule has 1 heterocycles. The zero-order valence-electron chi connectivity index (χ0n) is 9.30. The Morgan fingerprint density at radius 3 is 1.92 bits per heavy atom. The summed E-state index contributed by atoms with van der Waals surface area (Å²) < 4.78 is 5.19. The van der Waals surface area contributed by atoms with Gasteiger partial charge in [0.2, 0.25) is 5.89 Å². The largest absolute Gasteiger partial charge is 0.339 e. The van der Waals surface area contributed by atoms with E-state index in [1.807, 2.05) is 6.92 Å². The quantitative estimate of drug-likeness (QED) is 0.670. The molecule has 13 heavy (non-hydrogen) atoms. The molecular weight excluding hydrogens is 164 g/mol. The van der Waals surface area contributed by atoms with Crippen LogP contribution in [0.1, 0.15) is 46.3 Å². The molecule has 0 bridgehead atoms. The first-order chi connectivity index (χ1) is 5.75. The van der Waals surface area contributed by atoms with E-state index in [9.17, 15) is 0 Å². The Bertz CT molecular complexity index is 294. The lowest BCUT2D eigenvalue weighted by molar-refractivity contribution is 0.168. The summed E-state index contributed by atoms with van der Waals surface area (Å²) >= 11 is 0. The van der Waals surface area contributed by atoms with E-state index in [0.29, 0.717) is 5.82 Å². The Hall–Kier alpha value is -0.860. The molecule has 0 unspecified atom stereocenters. The predicted molar refractivity (Wildman–Crippen MR) is 51.5 cm³/mol. The number of hydrogen-bond donors (Lipinski definition) is 0. The van der Waals surface area contributed by atoms with E-state index in [2.05, 4.69) is 44.8 Å². The van der Waals surface area contributed by atoms with Crippen LogP contribution >= 0.6 is 0 Å². The Kier molecular flexibility index (Phi) is 2.22. The number of aromatic nitrogens is 2. The fourth-order valence-corrected chi connectivity index (χ4v) is 0.872. The van der Waals surface area contributed by atoms with Gasteiger partial charge >= 0.3 is 0 Å². The fraction of sp³-hybridized carbons (Fsp3) is 0.800. The smallest absolute Gasteiger partial charge is 0.232 e. The van der Waals surface area contributed by atoms with Crippen LogP contribution in [0.3, 0.4) is 0 Å². The van der Waals surface area contributed by atoms with Gasteiger partial charge in [-0.2, -0.15) is 4.98 Å². The van der Waals surface area contributed by atoms with Crippen LogP contribution in [-0.2, 0) is 5.41 Å². The molecule has 0 N–H and O–H groups in total. The van der Waals surface area contributed by atoms with Crippen LogP contribution in [0.15, 0.2) is 4.52 Å². The van der Waals surface area contributed by atoms with Gasteiger partial charge < -0.3 is 4.52 Å². The molecule has 1 aromatic rings. The zero-order valence-corrected chi connectivity index (χ0v) is 9.30. The fourth-order valence-electron chi connectivity index (χ4n) is 0.872. The van der Waals surface area contributed by atoms with E-state index in [-0.39, 0.29) is 10.8 Å². The molecule has 0 saturated carbocycles. The maximum absolute atomic E-state index is 5.19. The molecule has 1 aromatic heterocycles. The van der Waals surface area contributed by atoms with Gasteiger partial charge in [0.15, 0.2) is 5.82 Å². The monoisotopic (exact) mass is 182 g/mol. The lowest BCUT2D eigenvalue weighted by atomic mass is 9.69. The Morgan fingerprint density at radius 2 is 1.62 bits per heavy atom. The van der Waals surface area contributed by atoms with Gasteiger partial charge in [-0.1, -0.05) is 39.8 Å². The minimum absolute atomic E-state index is 0.0890. The van der Waals surface area contributed by atoms with Crippen molar-refractivity contribution in [3.8, 4) is 0 Å². The molecule has 3 nitrogen and oxygen atoms in total. The van der Waals surface area contributed by atoms with Crippen LogP contribution in [0.2, 0.25) is 0 Å². The second-order valence-corrected chi connectivity index (χ2v) is 5.02. The van der Waals surface area contributed by atoms with Crippen LogP contribution in [-0.4, -0.2) is 10.1 Å². The minimum atomic E-state index is -0.0890. The van der Waals surface area contributed by atoms with Crippen LogP contribution in [0.5, 0.6) is 0 Å². The Labute approximate surface area is 79.5 Å². The maximum atomic E-state index is 5.19. The van der Waals surface area contributed by atoms with Gasteiger partial charge in [0, 0.05) is 5.41 Å². The molecule has 0 fully saturated rings. The van der Waals surface area contributed by atoms with Crippen molar-refractivity contribution in [2.75, 3.05) is 0 Å². The molecule has 0 atom stereocenters. The van der Waals surface area contributed by atoms with Gasteiger partial charge in [-0.15, -0.1) is 0 Å². The molecule has 3 heteroatoms. The minimum Gasteiger partial charge on any atom is -0.339 e. The highest BCUT2D eigenvalue weighted by atomic mass is 16.5. The van der Waals surface area contributed by atoms with Crippen molar-refractivity contribution in [3.05, 3.63) is 11.7 Å². The zero-order chi connectivity index (χ0) is 10.3. The molecule has 0 aromatic carbocycles. The second-order valence-electron chi connectivity index (χ2n) is 5.02. The topological polar surface area (TPSA) is 38.9 Å². The molecule has 0 saturated heterocycles. The first-order valence-electron chi connectivity index (χ1n) is 4.56. The van der Waals surface area contributed by atoms with Gasteiger partial charge in [-0.05, 0) is 12.3 Å². The summed E-state index contributed by atoms with van der Waals surface area (Å²) in [5.41, 5.74) is 0.0280. The lowest BCUT2D eigenvalue weighted by Gasteiger charge is -2.35. The van der Waals surface area contributed by atoms with Gasteiger partial charge in [-0.3, -0.25) is 0 Å². The van der Waals surface area contributed by atoms with Crippen LogP contribution in [0, 0.1) is 12.3 Å². The predicted octanol–water partition coefficient (Wildman–Crippen LogP) is 2.70. The van der Waals surface area contributed by atoms with Crippen molar-refractivity contribution < 1.29 is 4.52 Å². The summed E-state index contributed by atoms with van der Waals surface area (Å²) in [5, 5.41) is 3.81. The second kappa shape index (κ2) is 2.82. The molecular formula is C10H18N2O. The molecule has 1 rings (SSSR count). The summed E-state index contributed by atoms with van der Waals surface area (Å²) in [6.45, 7) is 12.6. The van der Waals surface area contributed by atoms with Crippen molar-refractivity contribution in [2.45, 2.75) is 47.0 Å².